The van der Waals surface area contributed by atoms with Crippen molar-refractivity contribution in [2.75, 3.05) is 6.61 Å². The lowest BCUT2D eigenvalue weighted by Gasteiger charge is -2.24. The van der Waals surface area contributed by atoms with Gasteiger partial charge in [-0.15, -0.1) is 0 Å². The van der Waals surface area contributed by atoms with Crippen LogP contribution in [0.2, 0.25) is 0 Å². The summed E-state index contributed by atoms with van der Waals surface area (Å²) in [4.78, 5) is 8.70. The van der Waals surface area contributed by atoms with E-state index >= 15 is 0 Å². The summed E-state index contributed by atoms with van der Waals surface area (Å²) < 4.78 is 13.5. The lowest BCUT2D eigenvalue weighted by molar-refractivity contribution is -0.0610. The first-order valence-corrected chi connectivity index (χ1v) is 8.83. The minimum Gasteiger partial charge on any atom is -0.365 e. The minimum absolute atomic E-state index is 0.370. The first-order valence-electron chi connectivity index (χ1n) is 8.83. The SMILES string of the molecule is CCOC1(c2nc(Cc3ccc(-n4ccnc4)cc3)no2)CCCC1. The molecule has 2 aromatic heterocycles. The molecular weight excluding hydrogens is 316 g/mol. The zero-order valence-electron chi connectivity index (χ0n) is 14.4. The Hall–Kier alpha value is -2.47. The van der Waals surface area contributed by atoms with Gasteiger partial charge in [-0.1, -0.05) is 17.3 Å². The van der Waals surface area contributed by atoms with Crippen LogP contribution in [0.15, 0.2) is 47.5 Å². The summed E-state index contributed by atoms with van der Waals surface area (Å²) in [5, 5.41) is 4.17. The Balaban J connectivity index is 1.49. The van der Waals surface area contributed by atoms with Gasteiger partial charge in [0.05, 0.1) is 6.33 Å². The van der Waals surface area contributed by atoms with Crippen LogP contribution in [0.25, 0.3) is 5.69 Å². The maximum Gasteiger partial charge on any atom is 0.258 e. The summed E-state index contributed by atoms with van der Waals surface area (Å²) in [7, 11) is 0. The van der Waals surface area contributed by atoms with E-state index in [4.69, 9.17) is 9.26 Å². The number of imidazole rings is 1. The van der Waals surface area contributed by atoms with E-state index < -0.39 is 0 Å². The molecule has 0 atom stereocenters. The van der Waals surface area contributed by atoms with Crippen molar-refractivity contribution in [1.82, 2.24) is 19.7 Å². The van der Waals surface area contributed by atoms with Gasteiger partial charge in [0.25, 0.3) is 5.89 Å². The summed E-state index contributed by atoms with van der Waals surface area (Å²) in [5.41, 5.74) is 1.86. The van der Waals surface area contributed by atoms with Crippen molar-refractivity contribution in [2.24, 2.45) is 0 Å². The Kier molecular flexibility index (Phi) is 4.36. The van der Waals surface area contributed by atoms with Crippen molar-refractivity contribution in [1.29, 1.82) is 0 Å². The van der Waals surface area contributed by atoms with Crippen molar-refractivity contribution < 1.29 is 9.26 Å². The first-order chi connectivity index (χ1) is 12.3. The molecule has 25 heavy (non-hydrogen) atoms. The Bertz CT molecular complexity index is 802. The predicted octanol–water partition coefficient (Wildman–Crippen LogP) is 3.65. The van der Waals surface area contributed by atoms with Gasteiger partial charge in [-0.25, -0.2) is 4.98 Å². The molecule has 1 aliphatic carbocycles. The molecule has 130 valence electrons. The van der Waals surface area contributed by atoms with Crippen molar-refractivity contribution in [3.63, 3.8) is 0 Å². The highest BCUT2D eigenvalue weighted by molar-refractivity contribution is 5.35. The van der Waals surface area contributed by atoms with Gasteiger partial charge in [-0.05, 0) is 50.3 Å². The molecule has 0 radical (unpaired) electrons. The topological polar surface area (TPSA) is 66.0 Å². The van der Waals surface area contributed by atoms with Gasteiger partial charge < -0.3 is 13.8 Å². The third-order valence-corrected chi connectivity index (χ3v) is 4.79. The molecule has 0 saturated heterocycles. The van der Waals surface area contributed by atoms with Crippen LogP contribution >= 0.6 is 0 Å². The number of ether oxygens (including phenoxy) is 1. The van der Waals surface area contributed by atoms with E-state index in [0.717, 1.165) is 36.9 Å². The molecular formula is C19H22N4O2. The summed E-state index contributed by atoms with van der Waals surface area (Å²) in [6.45, 7) is 2.67. The lowest BCUT2D eigenvalue weighted by atomic mass is 10.0. The number of aromatic nitrogens is 4. The van der Waals surface area contributed by atoms with Crippen molar-refractivity contribution in [3.8, 4) is 5.69 Å². The van der Waals surface area contributed by atoms with Crippen LogP contribution in [0, 0.1) is 0 Å². The highest BCUT2D eigenvalue weighted by Crippen LogP contribution is 2.41. The normalized spacial score (nSPS) is 16.4. The molecule has 4 rings (SSSR count). The summed E-state index contributed by atoms with van der Waals surface area (Å²) >= 11 is 0. The second-order valence-electron chi connectivity index (χ2n) is 6.46. The number of hydrogen-bond donors (Lipinski definition) is 0. The summed E-state index contributed by atoms with van der Waals surface area (Å²) in [5.74, 6) is 1.34. The fourth-order valence-electron chi connectivity index (χ4n) is 3.53. The van der Waals surface area contributed by atoms with Crippen LogP contribution < -0.4 is 0 Å². The van der Waals surface area contributed by atoms with Gasteiger partial charge in [-0.2, -0.15) is 4.98 Å². The molecule has 1 saturated carbocycles. The third kappa shape index (κ3) is 3.22. The standard InChI is InChI=1S/C19H22N4O2/c1-2-24-19(9-3-4-10-19)18-21-17(22-25-18)13-15-5-7-16(8-6-15)23-12-11-20-14-23/h5-8,11-12,14H,2-4,9-10,13H2,1H3. The van der Waals surface area contributed by atoms with E-state index in [2.05, 4.69) is 39.4 Å². The van der Waals surface area contributed by atoms with Gasteiger partial charge in [0.15, 0.2) is 5.82 Å². The van der Waals surface area contributed by atoms with Crippen molar-refractivity contribution in [2.45, 2.75) is 44.6 Å². The van der Waals surface area contributed by atoms with Crippen LogP contribution in [0.5, 0.6) is 0 Å². The Morgan fingerprint density at radius 2 is 2.00 bits per heavy atom. The summed E-state index contributed by atoms with van der Waals surface area (Å²) in [6.07, 6.45) is 10.3. The molecule has 0 N–H and O–H groups in total. The quantitative estimate of drug-likeness (QED) is 0.686. The Morgan fingerprint density at radius 3 is 2.68 bits per heavy atom. The maximum absolute atomic E-state index is 5.99. The highest BCUT2D eigenvalue weighted by Gasteiger charge is 2.41. The molecule has 0 bridgehead atoms. The fourth-order valence-corrected chi connectivity index (χ4v) is 3.53. The van der Waals surface area contributed by atoms with E-state index in [1.165, 1.54) is 0 Å². The highest BCUT2D eigenvalue weighted by atomic mass is 16.5. The zero-order chi connectivity index (χ0) is 17.1. The Morgan fingerprint density at radius 1 is 1.20 bits per heavy atom. The smallest absolute Gasteiger partial charge is 0.258 e. The van der Waals surface area contributed by atoms with E-state index in [0.29, 0.717) is 24.7 Å². The van der Waals surface area contributed by atoms with E-state index in [9.17, 15) is 0 Å². The number of benzene rings is 1. The predicted molar refractivity (Wildman–Crippen MR) is 92.4 cm³/mol. The van der Waals surface area contributed by atoms with Gasteiger partial charge in [0, 0.05) is 31.1 Å². The van der Waals surface area contributed by atoms with Gasteiger partial charge in [0.1, 0.15) is 5.60 Å². The van der Waals surface area contributed by atoms with Gasteiger partial charge in [-0.3, -0.25) is 0 Å². The fraction of sp³-hybridized carbons (Fsp3) is 0.421. The average molecular weight is 338 g/mol. The largest absolute Gasteiger partial charge is 0.365 e. The molecule has 1 aliphatic rings. The number of rotatable bonds is 6. The monoisotopic (exact) mass is 338 g/mol. The lowest BCUT2D eigenvalue weighted by Crippen LogP contribution is -2.26. The minimum atomic E-state index is -0.370. The van der Waals surface area contributed by atoms with Gasteiger partial charge >= 0.3 is 0 Å². The number of nitrogens with zero attached hydrogens (tertiary/aromatic N) is 4. The van der Waals surface area contributed by atoms with E-state index in [-0.39, 0.29) is 5.60 Å². The first kappa shape index (κ1) is 16.0. The second-order valence-corrected chi connectivity index (χ2v) is 6.46. The van der Waals surface area contributed by atoms with Crippen LogP contribution in [0.4, 0.5) is 0 Å². The molecule has 1 fully saturated rings. The van der Waals surface area contributed by atoms with E-state index in [1.54, 1.807) is 12.5 Å². The molecule has 6 heteroatoms. The van der Waals surface area contributed by atoms with Gasteiger partial charge in [0.2, 0.25) is 0 Å². The zero-order valence-corrected chi connectivity index (χ0v) is 14.4. The van der Waals surface area contributed by atoms with Crippen LogP contribution in [-0.4, -0.2) is 26.3 Å². The molecule has 0 amide bonds. The van der Waals surface area contributed by atoms with Crippen molar-refractivity contribution >= 4 is 0 Å². The molecule has 1 aromatic carbocycles. The Labute approximate surface area is 146 Å². The maximum atomic E-state index is 5.99. The molecule has 3 aromatic rings. The molecule has 0 unspecified atom stereocenters. The molecule has 0 spiro atoms. The average Bonchev–Trinajstić information content (AvgIpc) is 3.38. The van der Waals surface area contributed by atoms with Crippen LogP contribution in [0.1, 0.15) is 49.9 Å². The van der Waals surface area contributed by atoms with Crippen molar-refractivity contribution in [3.05, 3.63) is 60.3 Å². The molecule has 2 heterocycles. The molecule has 0 aliphatic heterocycles. The summed E-state index contributed by atoms with van der Waals surface area (Å²) in [6, 6.07) is 8.30. The second kappa shape index (κ2) is 6.80. The number of hydrogen-bond acceptors (Lipinski definition) is 5. The van der Waals surface area contributed by atoms with E-state index in [1.807, 2.05) is 17.7 Å². The van der Waals surface area contributed by atoms with Crippen LogP contribution in [0.3, 0.4) is 0 Å². The van der Waals surface area contributed by atoms with Crippen LogP contribution in [-0.2, 0) is 16.8 Å². The molecule has 6 nitrogen and oxygen atoms in total. The third-order valence-electron chi connectivity index (χ3n) is 4.79.